The maximum atomic E-state index is 8.74. The molecule has 0 radical (unpaired) electrons. The molecule has 0 amide bonds. The van der Waals surface area contributed by atoms with Crippen molar-refractivity contribution in [1.29, 1.82) is 0 Å². The van der Waals surface area contributed by atoms with E-state index in [1.54, 1.807) is 6.07 Å². The van der Waals surface area contributed by atoms with E-state index in [2.05, 4.69) is 10.6 Å². The highest BCUT2D eigenvalue weighted by Gasteiger charge is 2.11. The zero-order valence-electron chi connectivity index (χ0n) is 15.4. The van der Waals surface area contributed by atoms with Crippen LogP contribution in [0.4, 0.5) is 0 Å². The van der Waals surface area contributed by atoms with Gasteiger partial charge >= 0.3 is 0 Å². The van der Waals surface area contributed by atoms with Crippen LogP contribution in [0, 0.1) is 0 Å². The van der Waals surface area contributed by atoms with Crippen molar-refractivity contribution in [2.24, 2.45) is 0 Å². The molecule has 3 N–H and O–H groups in total. The number of aliphatic hydroxyl groups excluding tert-OH is 1. The van der Waals surface area contributed by atoms with Crippen molar-refractivity contribution in [3.63, 3.8) is 0 Å². The molecule has 0 aliphatic rings. The van der Waals surface area contributed by atoms with Gasteiger partial charge in [0.2, 0.25) is 0 Å². The van der Waals surface area contributed by atoms with E-state index in [1.165, 1.54) is 0 Å². The first-order valence-corrected chi connectivity index (χ1v) is 9.74. The summed E-state index contributed by atoms with van der Waals surface area (Å²) in [5.74, 6) is 1.27. The van der Waals surface area contributed by atoms with Crippen molar-refractivity contribution in [2.45, 2.75) is 20.1 Å². The molecule has 0 bridgehead atoms. The van der Waals surface area contributed by atoms with Crippen LogP contribution in [0.2, 0.25) is 10.0 Å². The van der Waals surface area contributed by atoms with Crippen LogP contribution >= 0.6 is 23.2 Å². The molecule has 0 unspecified atom stereocenters. The third kappa shape index (κ3) is 7.56. The Kier molecular flexibility index (Phi) is 9.73. The fourth-order valence-corrected chi connectivity index (χ4v) is 2.92. The summed E-state index contributed by atoms with van der Waals surface area (Å²) >= 11 is 12.4. The first-order chi connectivity index (χ1) is 13.1. The van der Waals surface area contributed by atoms with E-state index in [9.17, 15) is 0 Å². The molecule has 0 atom stereocenters. The van der Waals surface area contributed by atoms with E-state index in [0.29, 0.717) is 47.8 Å². The van der Waals surface area contributed by atoms with E-state index in [-0.39, 0.29) is 6.61 Å². The molecule has 2 aromatic carbocycles. The molecular formula is C20H26Cl2N2O3. The van der Waals surface area contributed by atoms with Crippen molar-refractivity contribution in [2.75, 3.05) is 32.8 Å². The Morgan fingerprint density at radius 1 is 0.963 bits per heavy atom. The fourth-order valence-electron chi connectivity index (χ4n) is 2.49. The normalized spacial score (nSPS) is 10.8. The zero-order chi connectivity index (χ0) is 19.5. The minimum Gasteiger partial charge on any atom is -0.490 e. The summed E-state index contributed by atoms with van der Waals surface area (Å²) in [6.45, 7) is 5.74. The average Bonchev–Trinajstić information content (AvgIpc) is 2.65. The van der Waals surface area contributed by atoms with Crippen LogP contribution in [0.25, 0.3) is 0 Å². The van der Waals surface area contributed by atoms with Crippen LogP contribution in [-0.2, 0) is 13.2 Å². The lowest BCUT2D eigenvalue weighted by Crippen LogP contribution is -2.28. The molecule has 7 heteroatoms. The van der Waals surface area contributed by atoms with Crippen LogP contribution in [0.5, 0.6) is 11.5 Å². The Hall–Kier alpha value is -1.50. The molecule has 148 valence electrons. The van der Waals surface area contributed by atoms with Crippen LogP contribution in [0.3, 0.4) is 0 Å². The van der Waals surface area contributed by atoms with Gasteiger partial charge in [-0.25, -0.2) is 0 Å². The second-order valence-electron chi connectivity index (χ2n) is 5.89. The molecule has 2 rings (SSSR count). The minimum absolute atomic E-state index is 0.139. The van der Waals surface area contributed by atoms with Gasteiger partial charge in [-0.1, -0.05) is 35.3 Å². The van der Waals surface area contributed by atoms with Crippen molar-refractivity contribution in [3.8, 4) is 11.5 Å². The Balaban J connectivity index is 1.99. The molecule has 0 spiro atoms. The number of nitrogens with one attached hydrogen (secondary N) is 2. The molecule has 0 heterocycles. The minimum atomic E-state index is 0.139. The third-order valence-corrected chi connectivity index (χ3v) is 4.37. The van der Waals surface area contributed by atoms with Gasteiger partial charge in [-0.05, 0) is 36.2 Å². The quantitative estimate of drug-likeness (QED) is 0.464. The van der Waals surface area contributed by atoms with Crippen molar-refractivity contribution < 1.29 is 14.6 Å². The van der Waals surface area contributed by atoms with E-state index in [1.807, 2.05) is 37.3 Å². The first-order valence-electron chi connectivity index (χ1n) is 8.98. The van der Waals surface area contributed by atoms with Gasteiger partial charge < -0.3 is 25.2 Å². The second-order valence-corrected chi connectivity index (χ2v) is 6.74. The summed E-state index contributed by atoms with van der Waals surface area (Å²) in [6.07, 6.45) is 0. The summed E-state index contributed by atoms with van der Waals surface area (Å²) in [5.41, 5.74) is 1.92. The van der Waals surface area contributed by atoms with Crippen molar-refractivity contribution >= 4 is 23.2 Å². The Morgan fingerprint density at radius 3 is 2.48 bits per heavy atom. The predicted molar refractivity (Wildman–Crippen MR) is 110 cm³/mol. The van der Waals surface area contributed by atoms with Gasteiger partial charge in [0.25, 0.3) is 0 Å². The lowest BCUT2D eigenvalue weighted by Gasteiger charge is -2.15. The van der Waals surface area contributed by atoms with Gasteiger partial charge in [-0.2, -0.15) is 0 Å². The van der Waals surface area contributed by atoms with E-state index >= 15 is 0 Å². The SMILES string of the molecule is CCOc1cc(CNCCNCCO)c(Cl)cc1OCc1cccc(Cl)c1. The number of halogens is 2. The number of rotatable bonds is 12. The topological polar surface area (TPSA) is 62.8 Å². The van der Waals surface area contributed by atoms with Gasteiger partial charge in [0.05, 0.1) is 13.2 Å². The lowest BCUT2D eigenvalue weighted by atomic mass is 10.2. The summed E-state index contributed by atoms with van der Waals surface area (Å²) in [5, 5.41) is 16.5. The van der Waals surface area contributed by atoms with Crippen molar-refractivity contribution in [3.05, 3.63) is 57.6 Å². The van der Waals surface area contributed by atoms with Crippen LogP contribution in [-0.4, -0.2) is 38.0 Å². The van der Waals surface area contributed by atoms with Gasteiger partial charge in [-0.3, -0.25) is 0 Å². The molecule has 2 aromatic rings. The van der Waals surface area contributed by atoms with E-state index in [0.717, 1.165) is 24.2 Å². The molecule has 0 aromatic heterocycles. The summed E-state index contributed by atoms with van der Waals surface area (Å²) in [7, 11) is 0. The Morgan fingerprint density at radius 2 is 1.74 bits per heavy atom. The van der Waals surface area contributed by atoms with Gasteiger partial charge in [-0.15, -0.1) is 0 Å². The third-order valence-electron chi connectivity index (χ3n) is 3.78. The molecule has 0 saturated carbocycles. The molecule has 0 aliphatic heterocycles. The lowest BCUT2D eigenvalue weighted by molar-refractivity contribution is 0.269. The van der Waals surface area contributed by atoms with Crippen molar-refractivity contribution in [1.82, 2.24) is 10.6 Å². The van der Waals surface area contributed by atoms with E-state index in [4.69, 9.17) is 37.8 Å². The average molecular weight is 413 g/mol. The molecule has 27 heavy (non-hydrogen) atoms. The second kappa shape index (κ2) is 12.1. The summed E-state index contributed by atoms with van der Waals surface area (Å²) in [6, 6.07) is 11.2. The van der Waals surface area contributed by atoms with Gasteiger partial charge in [0.1, 0.15) is 6.61 Å². The maximum Gasteiger partial charge on any atom is 0.163 e. The monoisotopic (exact) mass is 412 g/mol. The number of ether oxygens (including phenoxy) is 2. The number of hydrogen-bond acceptors (Lipinski definition) is 5. The van der Waals surface area contributed by atoms with Gasteiger partial charge in [0.15, 0.2) is 11.5 Å². The zero-order valence-corrected chi connectivity index (χ0v) is 16.9. The smallest absolute Gasteiger partial charge is 0.163 e. The van der Waals surface area contributed by atoms with Crippen LogP contribution < -0.4 is 20.1 Å². The Bertz CT molecular complexity index is 714. The maximum absolute atomic E-state index is 8.74. The molecule has 0 aliphatic carbocycles. The van der Waals surface area contributed by atoms with Gasteiger partial charge in [0, 0.05) is 42.3 Å². The highest BCUT2D eigenvalue weighted by atomic mass is 35.5. The molecular weight excluding hydrogens is 387 g/mol. The highest BCUT2D eigenvalue weighted by molar-refractivity contribution is 6.31. The summed E-state index contributed by atoms with van der Waals surface area (Å²) < 4.78 is 11.6. The summed E-state index contributed by atoms with van der Waals surface area (Å²) in [4.78, 5) is 0. The molecule has 0 saturated heterocycles. The van der Waals surface area contributed by atoms with Crippen LogP contribution in [0.15, 0.2) is 36.4 Å². The number of benzene rings is 2. The fraction of sp³-hybridized carbons (Fsp3) is 0.400. The number of hydrogen-bond donors (Lipinski definition) is 3. The first kappa shape index (κ1) is 21.8. The highest BCUT2D eigenvalue weighted by Crippen LogP contribution is 2.34. The van der Waals surface area contributed by atoms with Crippen LogP contribution in [0.1, 0.15) is 18.1 Å². The predicted octanol–water partition coefficient (Wildman–Crippen LogP) is 3.64. The number of aliphatic hydroxyl groups is 1. The van der Waals surface area contributed by atoms with E-state index < -0.39 is 0 Å². The molecule has 0 fully saturated rings. The largest absolute Gasteiger partial charge is 0.490 e. The Labute approximate surface area is 170 Å². The standard InChI is InChI=1S/C20H26Cl2N2O3/c1-2-26-19-11-16(13-24-7-6-23-8-9-25)18(22)12-20(19)27-14-15-4-3-5-17(21)10-15/h3-5,10-12,23-25H,2,6-9,13-14H2,1H3. The molecule has 5 nitrogen and oxygen atoms in total.